The molecule has 0 heteroatoms. The highest BCUT2D eigenvalue weighted by Crippen LogP contribution is 2.67. The molecule has 0 N–H and O–H groups in total. The molecule has 2 aromatic rings. The Morgan fingerprint density at radius 1 is 0.417 bits per heavy atom. The van der Waals surface area contributed by atoms with Crippen molar-refractivity contribution >= 4 is 0 Å². The van der Waals surface area contributed by atoms with Crippen LogP contribution in [0.1, 0.15) is 119 Å². The molecule has 0 bridgehead atoms. The van der Waals surface area contributed by atoms with E-state index in [9.17, 15) is 0 Å². The first-order valence-electron chi connectivity index (χ1n) is 15.9. The number of benzene rings is 2. The number of hydrogen-bond acceptors (Lipinski definition) is 0. The first kappa shape index (κ1) is 23.5. The third-order valence-corrected chi connectivity index (χ3v) is 12.6. The minimum absolute atomic E-state index is 0.675. The Morgan fingerprint density at radius 3 is 1.36 bits per heavy atom. The summed E-state index contributed by atoms with van der Waals surface area (Å²) in [7, 11) is 0. The fourth-order valence-electron chi connectivity index (χ4n) is 11.5. The van der Waals surface area contributed by atoms with Gasteiger partial charge in [0.1, 0.15) is 0 Å². The standard InChI is InChI=1S/C36H48/c1-4-12-26(13-5-1)28-16-10-18-32-30(28)20-22-34(32)36(24-8-3-9-25-36)35-23-21-31-29(17-11-19-33(31)35)27-14-6-2-7-15-27/h1-2,4-7,12-15,28-35H,3,8-11,16-25H2. The summed E-state index contributed by atoms with van der Waals surface area (Å²) < 4.78 is 0. The Balaban J connectivity index is 1.18. The summed E-state index contributed by atoms with van der Waals surface area (Å²) in [5.74, 6) is 7.67. The van der Waals surface area contributed by atoms with Crippen molar-refractivity contribution in [3.05, 3.63) is 71.8 Å². The van der Waals surface area contributed by atoms with E-state index in [0.29, 0.717) is 5.41 Å². The lowest BCUT2D eigenvalue weighted by molar-refractivity contribution is -0.0376. The van der Waals surface area contributed by atoms with Crippen LogP contribution < -0.4 is 0 Å². The molecule has 0 aromatic heterocycles. The molecule has 5 saturated carbocycles. The molecule has 0 radical (unpaired) electrons. The number of rotatable bonds is 4. The molecule has 8 unspecified atom stereocenters. The van der Waals surface area contributed by atoms with Gasteiger partial charge >= 0.3 is 0 Å². The van der Waals surface area contributed by atoms with Crippen molar-refractivity contribution in [1.29, 1.82) is 0 Å². The van der Waals surface area contributed by atoms with Gasteiger partial charge < -0.3 is 0 Å². The van der Waals surface area contributed by atoms with E-state index >= 15 is 0 Å². The van der Waals surface area contributed by atoms with Crippen molar-refractivity contribution in [2.45, 2.75) is 108 Å². The molecule has 5 aliphatic rings. The average molecular weight is 481 g/mol. The zero-order valence-electron chi connectivity index (χ0n) is 22.5. The van der Waals surface area contributed by atoms with E-state index in [4.69, 9.17) is 0 Å². The van der Waals surface area contributed by atoms with Gasteiger partial charge in [-0.05, 0) is 128 Å². The molecule has 0 aliphatic heterocycles. The molecule has 0 spiro atoms. The molecule has 0 saturated heterocycles. The molecular formula is C36H48. The van der Waals surface area contributed by atoms with Crippen LogP contribution in [0.3, 0.4) is 0 Å². The molecule has 192 valence electrons. The summed E-state index contributed by atoms with van der Waals surface area (Å²) >= 11 is 0. The van der Waals surface area contributed by atoms with E-state index in [2.05, 4.69) is 60.7 Å². The second kappa shape index (κ2) is 9.96. The highest BCUT2D eigenvalue weighted by atomic mass is 14.6. The van der Waals surface area contributed by atoms with Gasteiger partial charge in [0, 0.05) is 0 Å². The molecule has 36 heavy (non-hydrogen) atoms. The van der Waals surface area contributed by atoms with Crippen molar-refractivity contribution in [2.75, 3.05) is 0 Å². The first-order valence-corrected chi connectivity index (χ1v) is 15.9. The molecule has 5 aliphatic carbocycles. The lowest BCUT2D eigenvalue weighted by atomic mass is 9.51. The number of fused-ring (bicyclic) bond motifs is 2. The summed E-state index contributed by atoms with van der Waals surface area (Å²) in [5.41, 5.74) is 3.99. The number of hydrogen-bond donors (Lipinski definition) is 0. The lowest BCUT2D eigenvalue weighted by Crippen LogP contribution is -2.45. The molecule has 7 rings (SSSR count). The summed E-state index contributed by atoms with van der Waals surface area (Å²) in [6.07, 6.45) is 22.7. The first-order chi connectivity index (χ1) is 17.9. The Hall–Kier alpha value is -1.56. The van der Waals surface area contributed by atoms with E-state index in [0.717, 1.165) is 47.3 Å². The SMILES string of the molecule is c1ccc(C2CCCC3C2CCC3C2(C3CCC4C(c5ccccc5)CCCC43)CCCCC2)cc1. The van der Waals surface area contributed by atoms with E-state index in [-0.39, 0.29) is 0 Å². The third kappa shape index (κ3) is 3.92. The van der Waals surface area contributed by atoms with E-state index in [1.165, 1.54) is 70.6 Å². The van der Waals surface area contributed by atoms with E-state index in [1.54, 1.807) is 36.8 Å². The monoisotopic (exact) mass is 480 g/mol. The van der Waals surface area contributed by atoms with Gasteiger partial charge in [-0.3, -0.25) is 0 Å². The van der Waals surface area contributed by atoms with Crippen LogP contribution in [0.2, 0.25) is 0 Å². The maximum absolute atomic E-state index is 2.45. The Bertz CT molecular complexity index is 910. The summed E-state index contributed by atoms with van der Waals surface area (Å²) in [4.78, 5) is 0. The zero-order chi connectivity index (χ0) is 24.0. The molecule has 0 nitrogen and oxygen atoms in total. The molecule has 2 aromatic carbocycles. The Morgan fingerprint density at radius 2 is 0.889 bits per heavy atom. The van der Waals surface area contributed by atoms with Crippen molar-refractivity contribution in [2.24, 2.45) is 40.9 Å². The van der Waals surface area contributed by atoms with Crippen molar-refractivity contribution in [3.63, 3.8) is 0 Å². The van der Waals surface area contributed by atoms with E-state index in [1.807, 2.05) is 0 Å². The minimum Gasteiger partial charge on any atom is -0.0622 e. The van der Waals surface area contributed by atoms with Gasteiger partial charge in [-0.15, -0.1) is 0 Å². The van der Waals surface area contributed by atoms with Gasteiger partial charge in [0.15, 0.2) is 0 Å². The maximum Gasteiger partial charge on any atom is -0.0131 e. The Kier molecular flexibility index (Phi) is 6.52. The fraction of sp³-hybridized carbons (Fsp3) is 0.667. The molecule has 0 heterocycles. The van der Waals surface area contributed by atoms with Crippen LogP contribution in [0.5, 0.6) is 0 Å². The van der Waals surface area contributed by atoms with Gasteiger partial charge in [-0.2, -0.15) is 0 Å². The molecule has 0 amide bonds. The summed E-state index contributed by atoms with van der Waals surface area (Å²) in [5, 5.41) is 0. The van der Waals surface area contributed by atoms with Gasteiger partial charge in [-0.1, -0.05) is 92.8 Å². The van der Waals surface area contributed by atoms with Gasteiger partial charge in [0.05, 0.1) is 0 Å². The van der Waals surface area contributed by atoms with Crippen molar-refractivity contribution in [1.82, 2.24) is 0 Å². The topological polar surface area (TPSA) is 0 Å². The van der Waals surface area contributed by atoms with Crippen LogP contribution in [0.4, 0.5) is 0 Å². The molecular weight excluding hydrogens is 432 g/mol. The smallest absolute Gasteiger partial charge is 0.0131 e. The highest BCUT2D eigenvalue weighted by Gasteiger charge is 2.58. The predicted octanol–water partition coefficient (Wildman–Crippen LogP) is 10.2. The third-order valence-electron chi connectivity index (χ3n) is 12.6. The summed E-state index contributed by atoms with van der Waals surface area (Å²) in [6.45, 7) is 0. The fourth-order valence-corrected chi connectivity index (χ4v) is 11.5. The lowest BCUT2D eigenvalue weighted by Gasteiger charge is -2.53. The van der Waals surface area contributed by atoms with Crippen molar-refractivity contribution < 1.29 is 0 Å². The maximum atomic E-state index is 2.45. The van der Waals surface area contributed by atoms with Crippen LogP contribution in [0.15, 0.2) is 60.7 Å². The van der Waals surface area contributed by atoms with Crippen LogP contribution >= 0.6 is 0 Å². The van der Waals surface area contributed by atoms with Crippen LogP contribution in [0.25, 0.3) is 0 Å². The van der Waals surface area contributed by atoms with Crippen molar-refractivity contribution in [3.8, 4) is 0 Å². The zero-order valence-corrected chi connectivity index (χ0v) is 22.5. The summed E-state index contributed by atoms with van der Waals surface area (Å²) in [6, 6.07) is 23.4. The quantitative estimate of drug-likeness (QED) is 0.408. The second-order valence-electron chi connectivity index (χ2n) is 13.7. The van der Waals surface area contributed by atoms with Crippen LogP contribution in [-0.2, 0) is 0 Å². The normalized spacial score (nSPS) is 39.9. The van der Waals surface area contributed by atoms with Crippen LogP contribution in [0, 0.1) is 40.9 Å². The van der Waals surface area contributed by atoms with Crippen LogP contribution in [-0.4, -0.2) is 0 Å². The molecule has 8 atom stereocenters. The van der Waals surface area contributed by atoms with Gasteiger partial charge in [-0.25, -0.2) is 0 Å². The Labute approximate surface area is 220 Å². The second-order valence-corrected chi connectivity index (χ2v) is 13.7. The minimum atomic E-state index is 0.675. The predicted molar refractivity (Wildman–Crippen MR) is 151 cm³/mol. The van der Waals surface area contributed by atoms with Gasteiger partial charge in [0.2, 0.25) is 0 Å². The molecule has 5 fully saturated rings. The highest BCUT2D eigenvalue weighted by molar-refractivity contribution is 5.24. The van der Waals surface area contributed by atoms with E-state index < -0.39 is 0 Å². The largest absolute Gasteiger partial charge is 0.0622 e. The van der Waals surface area contributed by atoms with Gasteiger partial charge in [0.25, 0.3) is 0 Å². The average Bonchev–Trinajstić information content (AvgIpc) is 3.60.